The molecule has 1 aromatic rings. The highest BCUT2D eigenvalue weighted by atomic mass is 35.5. The van der Waals surface area contributed by atoms with E-state index in [1.54, 1.807) is 0 Å². The molecule has 16 heavy (non-hydrogen) atoms. The molecule has 3 nitrogen and oxygen atoms in total. The number of carboxylic acid groups (broad SMARTS) is 1. The topological polar surface area (TPSA) is 46.5 Å². The molecule has 0 aromatic heterocycles. The summed E-state index contributed by atoms with van der Waals surface area (Å²) in [6, 6.07) is 2.18. The van der Waals surface area contributed by atoms with E-state index in [9.17, 15) is 9.18 Å². The molecule has 84 valence electrons. The second-order valence-corrected chi connectivity index (χ2v) is 3.41. The van der Waals surface area contributed by atoms with Crippen LogP contribution in [0.3, 0.4) is 0 Å². The van der Waals surface area contributed by atoms with Crippen LogP contribution in [0.15, 0.2) is 12.1 Å². The number of terminal acetylenes is 1. The van der Waals surface area contributed by atoms with Gasteiger partial charge in [0.25, 0.3) is 0 Å². The maximum atomic E-state index is 13.1. The van der Waals surface area contributed by atoms with Crippen LogP contribution in [0.4, 0.5) is 4.39 Å². The summed E-state index contributed by atoms with van der Waals surface area (Å²) in [7, 11) is 0. The number of benzene rings is 1. The zero-order valence-corrected chi connectivity index (χ0v) is 9.08. The predicted molar refractivity (Wildman–Crippen MR) is 57.1 cm³/mol. The SMILES string of the molecule is C#Cc1cc(Cl)c(F)cc1O[C@@H](C)C(=O)O. The van der Waals surface area contributed by atoms with Gasteiger partial charge < -0.3 is 9.84 Å². The van der Waals surface area contributed by atoms with Crippen molar-refractivity contribution in [3.05, 3.63) is 28.5 Å². The number of ether oxygens (including phenoxy) is 1. The number of rotatable bonds is 3. The van der Waals surface area contributed by atoms with Crippen LogP contribution in [0.1, 0.15) is 12.5 Å². The van der Waals surface area contributed by atoms with Gasteiger partial charge in [-0.25, -0.2) is 9.18 Å². The first-order chi connectivity index (χ1) is 7.45. The number of carbonyl (C=O) groups is 1. The third-order valence-corrected chi connectivity index (χ3v) is 2.12. The van der Waals surface area contributed by atoms with E-state index >= 15 is 0 Å². The maximum Gasteiger partial charge on any atom is 0.344 e. The summed E-state index contributed by atoms with van der Waals surface area (Å²) in [5, 5.41) is 8.50. The largest absolute Gasteiger partial charge is 0.479 e. The third kappa shape index (κ3) is 2.65. The molecule has 1 rings (SSSR count). The molecular formula is C11H8ClFO3. The van der Waals surface area contributed by atoms with Gasteiger partial charge in [-0.05, 0) is 13.0 Å². The standard InChI is InChI=1S/C11H8ClFO3/c1-3-7-4-8(12)9(13)5-10(7)16-6(2)11(14)15/h1,4-6H,2H3,(H,14,15)/t6-/m0/s1. The molecular weight excluding hydrogens is 235 g/mol. The highest BCUT2D eigenvalue weighted by molar-refractivity contribution is 6.30. The Balaban J connectivity index is 3.09. The molecule has 0 radical (unpaired) electrons. The van der Waals surface area contributed by atoms with Crippen LogP contribution >= 0.6 is 11.6 Å². The normalized spacial score (nSPS) is 11.6. The van der Waals surface area contributed by atoms with Crippen LogP contribution in [-0.2, 0) is 4.79 Å². The fourth-order valence-electron chi connectivity index (χ4n) is 0.980. The Morgan fingerprint density at radius 3 is 2.81 bits per heavy atom. The van der Waals surface area contributed by atoms with Gasteiger partial charge in [0.2, 0.25) is 0 Å². The van der Waals surface area contributed by atoms with E-state index in [0.29, 0.717) is 0 Å². The summed E-state index contributed by atoms with van der Waals surface area (Å²) >= 11 is 5.52. The van der Waals surface area contributed by atoms with E-state index < -0.39 is 17.9 Å². The van der Waals surface area contributed by atoms with Crippen LogP contribution in [-0.4, -0.2) is 17.2 Å². The van der Waals surface area contributed by atoms with Gasteiger partial charge in [0.1, 0.15) is 11.6 Å². The van der Waals surface area contributed by atoms with Gasteiger partial charge in [-0.2, -0.15) is 0 Å². The summed E-state index contributed by atoms with van der Waals surface area (Å²) in [5.74, 6) is 0.342. The third-order valence-electron chi connectivity index (χ3n) is 1.83. The summed E-state index contributed by atoms with van der Waals surface area (Å²) < 4.78 is 18.1. The van der Waals surface area contributed by atoms with Crippen LogP contribution in [0.2, 0.25) is 5.02 Å². The lowest BCUT2D eigenvalue weighted by Crippen LogP contribution is -2.23. The van der Waals surface area contributed by atoms with Crippen molar-refractivity contribution in [1.29, 1.82) is 0 Å². The van der Waals surface area contributed by atoms with E-state index in [1.165, 1.54) is 13.0 Å². The highest BCUT2D eigenvalue weighted by Crippen LogP contribution is 2.26. The average molecular weight is 243 g/mol. The first-order valence-corrected chi connectivity index (χ1v) is 4.68. The van der Waals surface area contributed by atoms with Gasteiger partial charge in [0, 0.05) is 6.07 Å². The van der Waals surface area contributed by atoms with Crippen LogP contribution < -0.4 is 4.74 Å². The van der Waals surface area contributed by atoms with Crippen LogP contribution in [0.25, 0.3) is 0 Å². The molecule has 1 N–H and O–H groups in total. The fraction of sp³-hybridized carbons (Fsp3) is 0.182. The lowest BCUT2D eigenvalue weighted by molar-refractivity contribution is -0.144. The van der Waals surface area contributed by atoms with E-state index in [-0.39, 0.29) is 16.3 Å². The minimum atomic E-state index is -1.17. The van der Waals surface area contributed by atoms with Crippen molar-refractivity contribution < 1.29 is 19.0 Å². The average Bonchev–Trinajstić information content (AvgIpc) is 2.22. The van der Waals surface area contributed by atoms with Gasteiger partial charge in [-0.15, -0.1) is 6.42 Å². The molecule has 0 saturated carbocycles. The van der Waals surface area contributed by atoms with Crippen molar-refractivity contribution in [2.24, 2.45) is 0 Å². The molecule has 0 aliphatic heterocycles. The molecule has 0 bridgehead atoms. The Bertz CT molecular complexity index is 465. The van der Waals surface area contributed by atoms with Crippen molar-refractivity contribution in [2.45, 2.75) is 13.0 Å². The van der Waals surface area contributed by atoms with Gasteiger partial charge in [-0.1, -0.05) is 17.5 Å². The molecule has 0 spiro atoms. The van der Waals surface area contributed by atoms with E-state index in [4.69, 9.17) is 27.9 Å². The van der Waals surface area contributed by atoms with Gasteiger partial charge in [-0.3, -0.25) is 0 Å². The summed E-state index contributed by atoms with van der Waals surface area (Å²) in [4.78, 5) is 10.6. The van der Waals surface area contributed by atoms with Gasteiger partial charge in [0.15, 0.2) is 6.10 Å². The second-order valence-electron chi connectivity index (χ2n) is 3.01. The number of hydrogen-bond acceptors (Lipinski definition) is 2. The number of hydrogen-bond donors (Lipinski definition) is 1. The zero-order valence-electron chi connectivity index (χ0n) is 8.33. The zero-order chi connectivity index (χ0) is 12.3. The Kier molecular flexibility index (Phi) is 3.75. The van der Waals surface area contributed by atoms with Crippen molar-refractivity contribution >= 4 is 17.6 Å². The molecule has 1 atom stereocenters. The Morgan fingerprint density at radius 1 is 1.69 bits per heavy atom. The predicted octanol–water partition coefficient (Wildman–Crippen LogP) is 2.31. The van der Waals surface area contributed by atoms with E-state index in [0.717, 1.165) is 6.07 Å². The molecule has 0 saturated heterocycles. The first-order valence-electron chi connectivity index (χ1n) is 4.30. The Morgan fingerprint density at radius 2 is 2.31 bits per heavy atom. The monoisotopic (exact) mass is 242 g/mol. The summed E-state index contributed by atoms with van der Waals surface area (Å²) in [6.45, 7) is 1.31. The highest BCUT2D eigenvalue weighted by Gasteiger charge is 2.16. The summed E-state index contributed by atoms with van der Waals surface area (Å²) in [5.41, 5.74) is 0.208. The maximum absolute atomic E-state index is 13.1. The van der Waals surface area contributed by atoms with Crippen molar-refractivity contribution in [3.8, 4) is 18.1 Å². The molecule has 0 fully saturated rings. The van der Waals surface area contributed by atoms with E-state index in [1.807, 2.05) is 0 Å². The fourth-order valence-corrected chi connectivity index (χ4v) is 1.14. The number of aliphatic carboxylic acids is 1. The Labute approximate surface area is 96.8 Å². The second kappa shape index (κ2) is 4.86. The Hall–Kier alpha value is -1.73. The number of carboxylic acids is 1. The van der Waals surface area contributed by atoms with Crippen LogP contribution in [0, 0.1) is 18.2 Å². The molecule has 1 aromatic carbocycles. The van der Waals surface area contributed by atoms with Gasteiger partial charge >= 0.3 is 5.97 Å². The molecule has 0 heterocycles. The van der Waals surface area contributed by atoms with Crippen molar-refractivity contribution in [1.82, 2.24) is 0 Å². The van der Waals surface area contributed by atoms with Crippen molar-refractivity contribution in [2.75, 3.05) is 0 Å². The first kappa shape index (κ1) is 12.3. The minimum Gasteiger partial charge on any atom is -0.479 e. The summed E-state index contributed by atoms with van der Waals surface area (Å²) in [6.07, 6.45) is 4.05. The smallest absolute Gasteiger partial charge is 0.344 e. The minimum absolute atomic E-state index is 0.0145. The quantitative estimate of drug-likeness (QED) is 0.828. The van der Waals surface area contributed by atoms with Crippen molar-refractivity contribution in [3.63, 3.8) is 0 Å². The molecule has 0 aliphatic rings. The molecule has 0 amide bonds. The van der Waals surface area contributed by atoms with E-state index in [2.05, 4.69) is 5.92 Å². The number of halogens is 2. The molecule has 5 heteroatoms. The lowest BCUT2D eigenvalue weighted by atomic mass is 10.2. The van der Waals surface area contributed by atoms with Crippen LogP contribution in [0.5, 0.6) is 5.75 Å². The molecule has 0 aliphatic carbocycles. The van der Waals surface area contributed by atoms with Gasteiger partial charge in [0.05, 0.1) is 10.6 Å². The molecule has 0 unspecified atom stereocenters. The lowest BCUT2D eigenvalue weighted by Gasteiger charge is -2.12.